The van der Waals surface area contributed by atoms with Crippen LogP contribution in [0.4, 0.5) is 5.69 Å². The van der Waals surface area contributed by atoms with Crippen molar-refractivity contribution < 1.29 is 19.4 Å². The fourth-order valence-corrected chi connectivity index (χ4v) is 2.53. The fourth-order valence-electron chi connectivity index (χ4n) is 2.53. The zero-order valence-corrected chi connectivity index (χ0v) is 11.1. The van der Waals surface area contributed by atoms with Crippen molar-refractivity contribution in [2.75, 3.05) is 38.2 Å². The van der Waals surface area contributed by atoms with Gasteiger partial charge in [0.1, 0.15) is 5.75 Å². The summed E-state index contributed by atoms with van der Waals surface area (Å²) in [5.41, 5.74) is 0.900. The lowest BCUT2D eigenvalue weighted by Gasteiger charge is -2.37. The summed E-state index contributed by atoms with van der Waals surface area (Å²) in [7, 11) is 0. The van der Waals surface area contributed by atoms with Crippen LogP contribution in [0.25, 0.3) is 0 Å². The van der Waals surface area contributed by atoms with Gasteiger partial charge in [0.15, 0.2) is 6.10 Å². The third kappa shape index (κ3) is 2.44. The highest BCUT2D eigenvalue weighted by Crippen LogP contribution is 2.29. The highest BCUT2D eigenvalue weighted by molar-refractivity contribution is 5.83. The fraction of sp³-hybridized carbons (Fsp3) is 0.500. The van der Waals surface area contributed by atoms with Gasteiger partial charge in [-0.15, -0.1) is 0 Å². The van der Waals surface area contributed by atoms with Crippen molar-refractivity contribution in [2.24, 2.45) is 0 Å². The molecule has 1 aromatic rings. The van der Waals surface area contributed by atoms with Crippen molar-refractivity contribution >= 4 is 11.6 Å². The molecular weight excluding hydrogens is 260 g/mol. The van der Waals surface area contributed by atoms with E-state index in [1.807, 2.05) is 24.3 Å². The van der Waals surface area contributed by atoms with Crippen LogP contribution < -0.4 is 10.1 Å². The van der Waals surface area contributed by atoms with Crippen molar-refractivity contribution in [2.45, 2.75) is 12.1 Å². The minimum Gasteiger partial charge on any atom is -0.477 e. The largest absolute Gasteiger partial charge is 0.477 e. The van der Waals surface area contributed by atoms with Crippen LogP contribution >= 0.6 is 0 Å². The van der Waals surface area contributed by atoms with Gasteiger partial charge in [0.2, 0.25) is 0 Å². The summed E-state index contributed by atoms with van der Waals surface area (Å²) in [6.07, 6.45) is -0.558. The minimum absolute atomic E-state index is 0.0948. The number of benzene rings is 1. The molecule has 20 heavy (non-hydrogen) atoms. The lowest BCUT2D eigenvalue weighted by atomic mass is 10.1. The molecule has 2 atom stereocenters. The molecule has 2 aliphatic rings. The molecule has 2 N–H and O–H groups in total. The second-order valence-electron chi connectivity index (χ2n) is 4.93. The van der Waals surface area contributed by atoms with Gasteiger partial charge in [-0.05, 0) is 12.1 Å². The number of carbonyl (C=O) groups excluding carboxylic acids is 1. The van der Waals surface area contributed by atoms with Gasteiger partial charge < -0.3 is 24.8 Å². The van der Waals surface area contributed by atoms with Gasteiger partial charge in [0.25, 0.3) is 5.91 Å². The molecule has 3 rings (SSSR count). The number of carbonyl (C=O) groups is 1. The molecule has 108 valence electrons. The molecule has 1 amide bonds. The average Bonchev–Trinajstić information content (AvgIpc) is 2.53. The number of ether oxygens (including phenoxy) is 2. The quantitative estimate of drug-likeness (QED) is 0.801. The molecule has 0 saturated carbocycles. The van der Waals surface area contributed by atoms with E-state index in [2.05, 4.69) is 5.32 Å². The van der Waals surface area contributed by atoms with E-state index in [4.69, 9.17) is 9.47 Å². The number of rotatable bonds is 2. The monoisotopic (exact) mass is 278 g/mol. The van der Waals surface area contributed by atoms with Crippen LogP contribution in [0.3, 0.4) is 0 Å². The lowest BCUT2D eigenvalue weighted by Crippen LogP contribution is -2.56. The Morgan fingerprint density at radius 3 is 3.15 bits per heavy atom. The summed E-state index contributed by atoms with van der Waals surface area (Å²) in [6.45, 7) is 1.71. The first-order valence-corrected chi connectivity index (χ1v) is 6.78. The van der Waals surface area contributed by atoms with E-state index in [0.29, 0.717) is 32.1 Å². The SMILES string of the molecule is O=C(C1CNc2ccccc2O1)N1CCOCC1CO. The van der Waals surface area contributed by atoms with Gasteiger partial charge in [-0.25, -0.2) is 0 Å². The number of amides is 1. The summed E-state index contributed by atoms with van der Waals surface area (Å²) in [5.74, 6) is 0.584. The standard InChI is InChI=1S/C14H18N2O4/c17-8-10-9-19-6-5-16(10)14(18)13-7-15-11-3-1-2-4-12(11)20-13/h1-4,10,13,15,17H,5-9H2. The Balaban J connectivity index is 1.72. The number of para-hydroxylation sites is 2. The maximum atomic E-state index is 12.5. The Morgan fingerprint density at radius 2 is 2.30 bits per heavy atom. The Labute approximate surface area is 117 Å². The number of hydrogen-bond acceptors (Lipinski definition) is 5. The summed E-state index contributed by atoms with van der Waals surface area (Å²) < 4.78 is 11.1. The number of aliphatic hydroxyl groups excluding tert-OH is 1. The van der Waals surface area contributed by atoms with E-state index in [-0.39, 0.29) is 18.6 Å². The van der Waals surface area contributed by atoms with Crippen LogP contribution in [-0.2, 0) is 9.53 Å². The summed E-state index contributed by atoms with van der Waals surface area (Å²) in [4.78, 5) is 14.2. The molecule has 2 aliphatic heterocycles. The number of morpholine rings is 1. The van der Waals surface area contributed by atoms with Gasteiger partial charge in [0, 0.05) is 6.54 Å². The molecule has 1 fully saturated rings. The Morgan fingerprint density at radius 1 is 1.45 bits per heavy atom. The zero-order valence-electron chi connectivity index (χ0n) is 11.1. The molecule has 0 spiro atoms. The average molecular weight is 278 g/mol. The van der Waals surface area contributed by atoms with Gasteiger partial charge in [-0.1, -0.05) is 12.1 Å². The number of nitrogens with one attached hydrogen (secondary N) is 1. The van der Waals surface area contributed by atoms with E-state index in [1.54, 1.807) is 4.90 Å². The normalized spacial score (nSPS) is 25.4. The smallest absolute Gasteiger partial charge is 0.266 e. The van der Waals surface area contributed by atoms with Crippen molar-refractivity contribution in [3.8, 4) is 5.75 Å². The lowest BCUT2D eigenvalue weighted by molar-refractivity contribution is -0.148. The molecule has 6 heteroatoms. The van der Waals surface area contributed by atoms with Gasteiger partial charge in [0.05, 0.1) is 38.1 Å². The number of hydrogen-bond donors (Lipinski definition) is 2. The van der Waals surface area contributed by atoms with E-state index in [1.165, 1.54) is 0 Å². The molecule has 0 aromatic heterocycles. The Hall–Kier alpha value is -1.79. The van der Waals surface area contributed by atoms with Crippen LogP contribution in [-0.4, -0.2) is 61.0 Å². The van der Waals surface area contributed by atoms with Crippen molar-refractivity contribution in [1.29, 1.82) is 0 Å². The first-order valence-electron chi connectivity index (χ1n) is 6.78. The molecule has 0 aliphatic carbocycles. The maximum absolute atomic E-state index is 12.5. The van der Waals surface area contributed by atoms with Crippen LogP contribution in [0.15, 0.2) is 24.3 Å². The van der Waals surface area contributed by atoms with Gasteiger partial charge in [-0.3, -0.25) is 4.79 Å². The predicted octanol–water partition coefficient (Wildman–Crippen LogP) is 0.0792. The highest BCUT2D eigenvalue weighted by Gasteiger charge is 2.34. The van der Waals surface area contributed by atoms with Gasteiger partial charge in [-0.2, -0.15) is 0 Å². The zero-order chi connectivity index (χ0) is 13.9. The topological polar surface area (TPSA) is 71.0 Å². The molecule has 1 saturated heterocycles. The number of fused-ring (bicyclic) bond motifs is 1. The molecule has 6 nitrogen and oxygen atoms in total. The van der Waals surface area contributed by atoms with Crippen LogP contribution in [0.5, 0.6) is 5.75 Å². The van der Waals surface area contributed by atoms with E-state index >= 15 is 0 Å². The summed E-state index contributed by atoms with van der Waals surface area (Å²) >= 11 is 0. The molecule has 0 bridgehead atoms. The number of nitrogens with zero attached hydrogens (tertiary/aromatic N) is 1. The molecule has 0 radical (unpaired) electrons. The molecule has 2 unspecified atom stereocenters. The van der Waals surface area contributed by atoms with E-state index in [0.717, 1.165) is 5.69 Å². The maximum Gasteiger partial charge on any atom is 0.266 e. The third-order valence-corrected chi connectivity index (χ3v) is 3.63. The van der Waals surface area contributed by atoms with Crippen LogP contribution in [0.2, 0.25) is 0 Å². The first-order chi connectivity index (χ1) is 9.79. The van der Waals surface area contributed by atoms with E-state index in [9.17, 15) is 9.90 Å². The number of aliphatic hydroxyl groups is 1. The number of anilines is 1. The predicted molar refractivity (Wildman–Crippen MR) is 72.8 cm³/mol. The van der Waals surface area contributed by atoms with E-state index < -0.39 is 6.10 Å². The molecular formula is C14H18N2O4. The Kier molecular flexibility index (Phi) is 3.75. The summed E-state index contributed by atoms with van der Waals surface area (Å²) in [5, 5.41) is 12.5. The van der Waals surface area contributed by atoms with Crippen molar-refractivity contribution in [1.82, 2.24) is 4.90 Å². The second kappa shape index (κ2) is 5.68. The third-order valence-electron chi connectivity index (χ3n) is 3.63. The van der Waals surface area contributed by atoms with Crippen molar-refractivity contribution in [3.63, 3.8) is 0 Å². The molecule has 1 aromatic carbocycles. The van der Waals surface area contributed by atoms with Crippen LogP contribution in [0, 0.1) is 0 Å². The minimum atomic E-state index is -0.558. The van der Waals surface area contributed by atoms with Crippen LogP contribution in [0.1, 0.15) is 0 Å². The van der Waals surface area contributed by atoms with Crippen molar-refractivity contribution in [3.05, 3.63) is 24.3 Å². The molecule has 2 heterocycles. The Bertz CT molecular complexity index is 494. The van der Waals surface area contributed by atoms with Gasteiger partial charge >= 0.3 is 0 Å². The highest BCUT2D eigenvalue weighted by atomic mass is 16.5. The summed E-state index contributed by atoms with van der Waals surface area (Å²) in [6, 6.07) is 7.27. The second-order valence-corrected chi connectivity index (χ2v) is 4.93. The first kappa shape index (κ1) is 13.2.